The Labute approximate surface area is 316 Å². The molecule has 0 radical (unpaired) electrons. The average Bonchev–Trinajstić information content (AvgIpc) is 3.15. The molecule has 1 rings (SSSR count). The maximum atomic E-state index is 12.2. The van der Waals surface area contributed by atoms with Gasteiger partial charge in [0.25, 0.3) is 0 Å². The molecule has 1 aromatic rings. The van der Waals surface area contributed by atoms with Crippen LogP contribution < -0.4 is 4.74 Å². The van der Waals surface area contributed by atoms with E-state index in [-0.39, 0.29) is 11.9 Å². The Kier molecular flexibility index (Phi) is 31.9. The van der Waals surface area contributed by atoms with Gasteiger partial charge < -0.3 is 9.47 Å². The molecule has 0 fully saturated rings. The third kappa shape index (κ3) is 31.5. The molecule has 1 aromatic carbocycles. The molecule has 0 heterocycles. The Morgan fingerprint density at radius 2 is 0.808 bits per heavy atom. The van der Waals surface area contributed by atoms with Gasteiger partial charge in [-0.1, -0.05) is 148 Å². The lowest BCUT2D eigenvalue weighted by atomic mass is 10.1. The first-order valence-corrected chi connectivity index (χ1v) is 19.6. The molecule has 0 atom stereocenters. The van der Waals surface area contributed by atoms with Gasteiger partial charge in [0, 0.05) is 19.3 Å². The van der Waals surface area contributed by atoms with Crippen molar-refractivity contribution in [1.29, 1.82) is 0 Å². The largest absolute Gasteiger partial charge is 0.465 e. The van der Waals surface area contributed by atoms with Crippen molar-refractivity contribution in [2.45, 2.75) is 123 Å². The second-order valence-electron chi connectivity index (χ2n) is 12.3. The highest BCUT2D eigenvalue weighted by Crippen LogP contribution is 2.14. The molecule has 0 spiro atoms. The van der Waals surface area contributed by atoms with Gasteiger partial charge in [0.15, 0.2) is 0 Å². The number of esters is 2. The average molecular weight is 707 g/mol. The van der Waals surface area contributed by atoms with E-state index in [1.165, 1.54) is 0 Å². The number of carbonyl (C=O) groups is 2. The van der Waals surface area contributed by atoms with Gasteiger partial charge >= 0.3 is 11.9 Å². The van der Waals surface area contributed by atoms with E-state index in [0.29, 0.717) is 31.6 Å². The van der Waals surface area contributed by atoms with Crippen LogP contribution in [0, 0.1) is 0 Å². The zero-order valence-corrected chi connectivity index (χ0v) is 32.2. The summed E-state index contributed by atoms with van der Waals surface area (Å²) in [5, 5.41) is 0. The predicted molar refractivity (Wildman–Crippen MR) is 223 cm³/mol. The molecule has 0 aliphatic carbocycles. The lowest BCUT2D eigenvalue weighted by molar-refractivity contribution is -0.143. The molecule has 282 valence electrons. The van der Waals surface area contributed by atoms with Gasteiger partial charge in [-0.2, -0.15) is 0 Å². The van der Waals surface area contributed by atoms with E-state index in [4.69, 9.17) is 9.47 Å². The van der Waals surface area contributed by atoms with E-state index in [1.54, 1.807) is 12.1 Å². The molecule has 0 amide bonds. The second-order valence-corrected chi connectivity index (χ2v) is 12.3. The van der Waals surface area contributed by atoms with Crippen LogP contribution in [0.5, 0.6) is 5.75 Å². The molecule has 0 N–H and O–H groups in total. The predicted octanol–water partition coefficient (Wildman–Crippen LogP) is 13.5. The summed E-state index contributed by atoms with van der Waals surface area (Å²) >= 11 is 0. The lowest BCUT2D eigenvalue weighted by Gasteiger charge is -2.07. The molecule has 52 heavy (non-hydrogen) atoms. The standard InChI is InChI=1S/C48H66O4/c1-3-5-7-9-11-13-15-17-19-21-23-25-27-29-31-33-35-37-47(49)51-44-43-45-39-41-46(42-40-45)52-48(50)38-36-34-32-30-28-26-24-22-20-18-16-14-12-10-8-6-4-2/h5-8,11-14,17-20,23-26,29-32,39-42H,3-4,9-10,15-16,21-22,27-28,33-38,43-44H2,1-2H3/b7-5+,8-6+,13-11+,14-12+,19-17+,20-18+,25-23+,26-24+,31-29+,32-30+. The molecule has 4 heteroatoms. The van der Waals surface area contributed by atoms with Crippen molar-refractivity contribution in [1.82, 2.24) is 0 Å². The van der Waals surface area contributed by atoms with Crippen LogP contribution in [0.2, 0.25) is 0 Å². The lowest BCUT2D eigenvalue weighted by Crippen LogP contribution is -2.08. The molecular formula is C48H66O4. The summed E-state index contributed by atoms with van der Waals surface area (Å²) in [6, 6.07) is 7.41. The monoisotopic (exact) mass is 706 g/mol. The fourth-order valence-electron chi connectivity index (χ4n) is 4.73. The van der Waals surface area contributed by atoms with Gasteiger partial charge in [-0.15, -0.1) is 0 Å². The normalized spacial score (nSPS) is 12.8. The summed E-state index contributed by atoms with van der Waals surface area (Å²) in [7, 11) is 0. The van der Waals surface area contributed by atoms with Gasteiger partial charge in [0.1, 0.15) is 5.75 Å². The zero-order valence-electron chi connectivity index (χ0n) is 32.2. The molecular weight excluding hydrogens is 641 g/mol. The van der Waals surface area contributed by atoms with Crippen LogP contribution in [0.1, 0.15) is 122 Å². The molecule has 0 aliphatic rings. The number of ether oxygens (including phenoxy) is 2. The quantitative estimate of drug-likeness (QED) is 0.0346. The summed E-state index contributed by atoms with van der Waals surface area (Å²) < 4.78 is 10.9. The van der Waals surface area contributed by atoms with Crippen LogP contribution in [0.25, 0.3) is 0 Å². The Hall–Kier alpha value is -4.44. The summed E-state index contributed by atoms with van der Waals surface area (Å²) in [6.45, 7) is 4.64. The van der Waals surface area contributed by atoms with Crippen molar-refractivity contribution in [3.8, 4) is 5.75 Å². The SMILES string of the molecule is CC/C=C/C/C=C/C/C=C/C/C=C/C/C=C/CCCC(=O)OCCc1ccc(OC(=O)CCC/C=C/C/C=C/C/C=C/C/C=C/C/C=C/CC)cc1. The van der Waals surface area contributed by atoms with Crippen LogP contribution in [-0.2, 0) is 20.7 Å². The fraction of sp³-hybridized carbons (Fsp3) is 0.417. The molecule has 0 aliphatic heterocycles. The minimum absolute atomic E-state index is 0.164. The van der Waals surface area contributed by atoms with Crippen molar-refractivity contribution in [3.63, 3.8) is 0 Å². The maximum absolute atomic E-state index is 12.2. The third-order valence-electron chi connectivity index (χ3n) is 7.63. The number of allylic oxidation sites excluding steroid dienone is 20. The Morgan fingerprint density at radius 3 is 1.19 bits per heavy atom. The van der Waals surface area contributed by atoms with E-state index in [1.807, 2.05) is 12.1 Å². The summed E-state index contributed by atoms with van der Waals surface area (Å²) in [5.41, 5.74) is 1.03. The van der Waals surface area contributed by atoms with E-state index < -0.39 is 0 Å². The Bertz CT molecular complexity index is 1330. The number of rotatable bonds is 30. The number of carbonyl (C=O) groups excluding carboxylic acids is 2. The minimum atomic E-state index is -0.224. The first kappa shape index (κ1) is 45.6. The van der Waals surface area contributed by atoms with E-state index in [2.05, 4.69) is 135 Å². The summed E-state index contributed by atoms with van der Waals surface area (Å²) in [4.78, 5) is 24.3. The van der Waals surface area contributed by atoms with Gasteiger partial charge in [0.2, 0.25) is 0 Å². The van der Waals surface area contributed by atoms with E-state index in [0.717, 1.165) is 95.5 Å². The minimum Gasteiger partial charge on any atom is -0.465 e. The molecule has 0 saturated carbocycles. The Balaban J connectivity index is 2.05. The molecule has 4 nitrogen and oxygen atoms in total. The number of hydrogen-bond donors (Lipinski definition) is 0. The van der Waals surface area contributed by atoms with E-state index >= 15 is 0 Å². The number of hydrogen-bond acceptors (Lipinski definition) is 4. The van der Waals surface area contributed by atoms with Gasteiger partial charge in [0.05, 0.1) is 6.61 Å². The maximum Gasteiger partial charge on any atom is 0.311 e. The summed E-state index contributed by atoms with van der Waals surface area (Å²) in [6.07, 6.45) is 58.2. The van der Waals surface area contributed by atoms with E-state index in [9.17, 15) is 9.59 Å². The van der Waals surface area contributed by atoms with Gasteiger partial charge in [-0.25, -0.2) is 0 Å². The van der Waals surface area contributed by atoms with Crippen LogP contribution in [0.3, 0.4) is 0 Å². The van der Waals surface area contributed by atoms with Gasteiger partial charge in [-0.3, -0.25) is 9.59 Å². The van der Waals surface area contributed by atoms with Crippen molar-refractivity contribution in [3.05, 3.63) is 151 Å². The highest BCUT2D eigenvalue weighted by molar-refractivity contribution is 5.72. The van der Waals surface area contributed by atoms with Crippen molar-refractivity contribution >= 4 is 11.9 Å². The van der Waals surface area contributed by atoms with Crippen molar-refractivity contribution in [2.24, 2.45) is 0 Å². The van der Waals surface area contributed by atoms with Crippen LogP contribution in [0.4, 0.5) is 0 Å². The van der Waals surface area contributed by atoms with Crippen LogP contribution >= 0.6 is 0 Å². The number of benzene rings is 1. The highest BCUT2D eigenvalue weighted by Gasteiger charge is 2.06. The third-order valence-corrected chi connectivity index (χ3v) is 7.63. The van der Waals surface area contributed by atoms with Crippen LogP contribution in [-0.4, -0.2) is 18.5 Å². The smallest absolute Gasteiger partial charge is 0.311 e. The summed E-state index contributed by atoms with van der Waals surface area (Å²) in [5.74, 6) is 0.150. The Morgan fingerprint density at radius 1 is 0.462 bits per heavy atom. The fourth-order valence-corrected chi connectivity index (χ4v) is 4.73. The second kappa shape index (κ2) is 36.4. The van der Waals surface area contributed by atoms with Crippen LogP contribution in [0.15, 0.2) is 146 Å². The zero-order chi connectivity index (χ0) is 37.4. The van der Waals surface area contributed by atoms with Crippen molar-refractivity contribution < 1.29 is 19.1 Å². The highest BCUT2D eigenvalue weighted by atomic mass is 16.5. The number of unbranched alkanes of at least 4 members (excludes halogenated alkanes) is 2. The first-order valence-electron chi connectivity index (χ1n) is 19.6. The first-order chi connectivity index (χ1) is 25.7. The topological polar surface area (TPSA) is 52.6 Å². The molecule has 0 aromatic heterocycles. The molecule has 0 unspecified atom stereocenters. The molecule has 0 saturated heterocycles. The van der Waals surface area contributed by atoms with Gasteiger partial charge in [-0.05, 0) is 108 Å². The van der Waals surface area contributed by atoms with Crippen molar-refractivity contribution in [2.75, 3.05) is 6.61 Å². The molecule has 0 bridgehead atoms.